The molecule has 7 nitrogen and oxygen atoms in total. The van der Waals surface area contributed by atoms with Gasteiger partial charge in [-0.25, -0.2) is 13.6 Å². The molecule has 0 spiro atoms. The number of rotatable bonds is 4. The minimum atomic E-state index is -1.27. The van der Waals surface area contributed by atoms with Gasteiger partial charge in [-0.3, -0.25) is 0 Å². The number of ether oxygens (including phenoxy) is 1. The number of hydrogen-bond donors (Lipinski definition) is 2. The fourth-order valence-electron chi connectivity index (χ4n) is 1.39. The summed E-state index contributed by atoms with van der Waals surface area (Å²) in [7, 11) is 1.09. The summed E-state index contributed by atoms with van der Waals surface area (Å²) in [6, 6.07) is 2.35. The topological polar surface area (TPSA) is 92.8 Å². The van der Waals surface area contributed by atoms with Gasteiger partial charge in [-0.1, -0.05) is 5.21 Å². The minimum Gasteiger partial charge on any atom is -0.465 e. The predicted molar refractivity (Wildman–Crippen MR) is 59.2 cm³/mol. The number of anilines is 1. The zero-order valence-electron chi connectivity index (χ0n) is 9.78. The third-order valence-corrected chi connectivity index (χ3v) is 2.31. The van der Waals surface area contributed by atoms with E-state index in [2.05, 4.69) is 30.7 Å². The molecule has 9 heteroatoms. The number of H-pyrrole nitrogens is 1. The highest BCUT2D eigenvalue weighted by Gasteiger charge is 2.19. The van der Waals surface area contributed by atoms with Crippen LogP contribution in [0.15, 0.2) is 12.1 Å². The first-order valence-corrected chi connectivity index (χ1v) is 5.16. The minimum absolute atomic E-state index is 0.0600. The lowest BCUT2D eigenvalue weighted by Crippen LogP contribution is -2.09. The van der Waals surface area contributed by atoms with Crippen LogP contribution in [0, 0.1) is 11.6 Å². The van der Waals surface area contributed by atoms with E-state index in [9.17, 15) is 13.6 Å². The Hall–Kier alpha value is -2.58. The highest BCUT2D eigenvalue weighted by atomic mass is 19.2. The lowest BCUT2D eigenvalue weighted by atomic mass is 10.2. The number of aromatic amines is 1. The third kappa shape index (κ3) is 2.64. The number of esters is 1. The highest BCUT2D eigenvalue weighted by Crippen LogP contribution is 2.21. The average Bonchev–Trinajstić information content (AvgIpc) is 2.93. The molecule has 2 N–H and O–H groups in total. The van der Waals surface area contributed by atoms with Crippen LogP contribution >= 0.6 is 0 Å². The van der Waals surface area contributed by atoms with E-state index in [0.717, 1.165) is 13.2 Å². The van der Waals surface area contributed by atoms with Gasteiger partial charge < -0.3 is 10.1 Å². The number of carbonyl (C=O) groups excluding carboxylic acids is 1. The predicted octanol–water partition coefficient (Wildman–Crippen LogP) is 0.877. The van der Waals surface area contributed by atoms with Gasteiger partial charge in [0.15, 0.2) is 17.5 Å². The summed E-state index contributed by atoms with van der Waals surface area (Å²) in [6.45, 7) is 0.0600. The van der Waals surface area contributed by atoms with E-state index in [0.29, 0.717) is 0 Å². The van der Waals surface area contributed by atoms with Gasteiger partial charge >= 0.3 is 5.97 Å². The summed E-state index contributed by atoms with van der Waals surface area (Å²) in [5.74, 6) is -3.10. The van der Waals surface area contributed by atoms with Crippen LogP contribution in [0.25, 0.3) is 0 Å². The summed E-state index contributed by atoms with van der Waals surface area (Å²) in [4.78, 5) is 11.2. The molecule has 0 unspecified atom stereocenters. The number of hydrogen-bond acceptors (Lipinski definition) is 6. The fourth-order valence-corrected chi connectivity index (χ4v) is 1.39. The molecular weight excluding hydrogens is 260 g/mol. The van der Waals surface area contributed by atoms with Crippen LogP contribution in [0.2, 0.25) is 0 Å². The van der Waals surface area contributed by atoms with Crippen molar-refractivity contribution >= 4 is 11.7 Å². The van der Waals surface area contributed by atoms with Crippen molar-refractivity contribution in [2.24, 2.45) is 0 Å². The van der Waals surface area contributed by atoms with Gasteiger partial charge in [0.25, 0.3) is 0 Å². The Kier molecular flexibility index (Phi) is 3.64. The normalized spacial score (nSPS) is 10.3. The quantitative estimate of drug-likeness (QED) is 0.800. The first-order chi connectivity index (χ1) is 9.13. The summed E-state index contributed by atoms with van der Waals surface area (Å²) in [6.07, 6.45) is 0. The molecule has 100 valence electrons. The Morgan fingerprint density at radius 3 is 2.84 bits per heavy atom. The molecule has 0 amide bonds. The molecule has 19 heavy (non-hydrogen) atoms. The zero-order chi connectivity index (χ0) is 13.8. The largest absolute Gasteiger partial charge is 0.465 e. The molecule has 1 aromatic heterocycles. The van der Waals surface area contributed by atoms with Gasteiger partial charge in [-0.05, 0) is 12.1 Å². The van der Waals surface area contributed by atoms with Gasteiger partial charge in [0.1, 0.15) is 0 Å². The molecule has 0 aliphatic carbocycles. The first kappa shape index (κ1) is 12.9. The summed E-state index contributed by atoms with van der Waals surface area (Å²) in [5.41, 5.74) is -0.583. The van der Waals surface area contributed by atoms with E-state index in [1.807, 2.05) is 0 Å². The lowest BCUT2D eigenvalue weighted by molar-refractivity contribution is 0.0594. The number of halogens is 2. The second-order valence-electron chi connectivity index (χ2n) is 3.46. The van der Waals surface area contributed by atoms with Gasteiger partial charge in [0.05, 0.1) is 24.9 Å². The molecule has 0 aliphatic rings. The van der Waals surface area contributed by atoms with Crippen molar-refractivity contribution in [3.63, 3.8) is 0 Å². The van der Waals surface area contributed by atoms with Gasteiger partial charge in [0, 0.05) is 0 Å². The maximum Gasteiger partial charge on any atom is 0.340 e. The standard InChI is InChI=1S/C10H9F2N5O2/c1-19-10(18)5-2-3-6(9(12)8(5)11)13-4-7-14-16-17-15-7/h2-3,13H,4H2,1H3,(H,14,15,16,17). The Morgan fingerprint density at radius 2 is 2.21 bits per heavy atom. The Labute approximate surface area is 106 Å². The van der Waals surface area contributed by atoms with Crippen molar-refractivity contribution in [3.8, 4) is 0 Å². The maximum atomic E-state index is 13.7. The second kappa shape index (κ2) is 5.38. The summed E-state index contributed by atoms with van der Waals surface area (Å²) < 4.78 is 31.6. The number of carbonyl (C=O) groups is 1. The van der Waals surface area contributed by atoms with E-state index < -0.39 is 23.2 Å². The molecule has 0 fully saturated rings. The first-order valence-electron chi connectivity index (χ1n) is 5.16. The molecule has 2 aromatic rings. The fraction of sp³-hybridized carbons (Fsp3) is 0.200. The molecule has 2 rings (SSSR count). The van der Waals surface area contributed by atoms with Crippen LogP contribution in [0.1, 0.15) is 16.2 Å². The molecule has 0 bridgehead atoms. The smallest absolute Gasteiger partial charge is 0.340 e. The van der Waals surface area contributed by atoms with Crippen LogP contribution in [0.4, 0.5) is 14.5 Å². The van der Waals surface area contributed by atoms with Gasteiger partial charge in [-0.15, -0.1) is 10.2 Å². The van der Waals surface area contributed by atoms with E-state index >= 15 is 0 Å². The van der Waals surface area contributed by atoms with Crippen molar-refractivity contribution < 1.29 is 18.3 Å². The molecular formula is C10H9F2N5O2. The van der Waals surface area contributed by atoms with Crippen molar-refractivity contribution in [1.29, 1.82) is 0 Å². The Bertz CT molecular complexity index is 588. The van der Waals surface area contributed by atoms with Crippen LogP contribution < -0.4 is 5.32 Å². The molecule has 1 heterocycles. The average molecular weight is 269 g/mol. The van der Waals surface area contributed by atoms with Crippen LogP contribution in [-0.2, 0) is 11.3 Å². The lowest BCUT2D eigenvalue weighted by Gasteiger charge is -2.08. The summed E-state index contributed by atoms with van der Waals surface area (Å²) in [5, 5.41) is 15.4. The zero-order valence-corrected chi connectivity index (χ0v) is 9.78. The van der Waals surface area contributed by atoms with Crippen molar-refractivity contribution in [2.45, 2.75) is 6.54 Å². The van der Waals surface area contributed by atoms with Crippen molar-refractivity contribution in [2.75, 3.05) is 12.4 Å². The molecule has 0 radical (unpaired) electrons. The number of nitrogens with zero attached hydrogens (tertiary/aromatic N) is 3. The Morgan fingerprint density at radius 1 is 1.42 bits per heavy atom. The monoisotopic (exact) mass is 269 g/mol. The molecule has 0 atom stereocenters. The van der Waals surface area contributed by atoms with E-state index in [1.165, 1.54) is 6.07 Å². The number of aromatic nitrogens is 4. The number of methoxy groups -OCH3 is 1. The van der Waals surface area contributed by atoms with Crippen LogP contribution in [0.3, 0.4) is 0 Å². The maximum absolute atomic E-state index is 13.7. The molecule has 1 aromatic carbocycles. The van der Waals surface area contributed by atoms with E-state index in [4.69, 9.17) is 0 Å². The molecule has 0 aliphatic heterocycles. The number of nitrogens with one attached hydrogen (secondary N) is 2. The van der Waals surface area contributed by atoms with Gasteiger partial charge in [-0.2, -0.15) is 5.21 Å². The molecule has 0 saturated carbocycles. The SMILES string of the molecule is COC(=O)c1ccc(NCc2nn[nH]n2)c(F)c1F. The molecule has 0 saturated heterocycles. The second-order valence-corrected chi connectivity index (χ2v) is 3.46. The highest BCUT2D eigenvalue weighted by molar-refractivity contribution is 5.90. The van der Waals surface area contributed by atoms with Gasteiger partial charge in [0.2, 0.25) is 0 Å². The van der Waals surface area contributed by atoms with E-state index in [-0.39, 0.29) is 18.1 Å². The summed E-state index contributed by atoms with van der Waals surface area (Å²) >= 11 is 0. The number of benzene rings is 1. The Balaban J connectivity index is 2.19. The third-order valence-electron chi connectivity index (χ3n) is 2.31. The van der Waals surface area contributed by atoms with Crippen LogP contribution in [-0.4, -0.2) is 33.7 Å². The van der Waals surface area contributed by atoms with Crippen LogP contribution in [0.5, 0.6) is 0 Å². The van der Waals surface area contributed by atoms with Crippen molar-refractivity contribution in [3.05, 3.63) is 35.2 Å². The van der Waals surface area contributed by atoms with E-state index in [1.54, 1.807) is 0 Å². The number of tetrazole rings is 1. The van der Waals surface area contributed by atoms with Crippen molar-refractivity contribution in [1.82, 2.24) is 20.6 Å².